The summed E-state index contributed by atoms with van der Waals surface area (Å²) < 4.78 is 0. The standard InChI is InChI=1S/C12H13NO3S/c1-9(14)13-7-8-17-12(13,11(15)16)10-5-3-2-4-6-10/h2-6H,7-8H2,1H3,(H,15,16). The molecule has 1 heterocycles. The predicted molar refractivity (Wildman–Crippen MR) is 65.6 cm³/mol. The summed E-state index contributed by atoms with van der Waals surface area (Å²) >= 11 is 1.29. The fourth-order valence-corrected chi connectivity index (χ4v) is 3.47. The van der Waals surface area contributed by atoms with Gasteiger partial charge < -0.3 is 10.0 Å². The van der Waals surface area contributed by atoms with Crippen LogP contribution < -0.4 is 0 Å². The van der Waals surface area contributed by atoms with Crippen LogP contribution in [0, 0.1) is 0 Å². The highest BCUT2D eigenvalue weighted by Gasteiger charge is 2.51. The molecule has 0 saturated carbocycles. The maximum absolute atomic E-state index is 11.6. The van der Waals surface area contributed by atoms with Gasteiger partial charge in [-0.1, -0.05) is 30.3 Å². The van der Waals surface area contributed by atoms with Crippen molar-refractivity contribution < 1.29 is 14.7 Å². The molecule has 2 rings (SSSR count). The molecule has 1 fully saturated rings. The van der Waals surface area contributed by atoms with E-state index in [-0.39, 0.29) is 5.91 Å². The molecule has 0 radical (unpaired) electrons. The maximum atomic E-state index is 11.6. The SMILES string of the molecule is CC(=O)N1CCSC1(C(=O)O)c1ccccc1. The van der Waals surface area contributed by atoms with Crippen molar-refractivity contribution in [2.75, 3.05) is 12.3 Å². The van der Waals surface area contributed by atoms with E-state index in [0.29, 0.717) is 17.9 Å². The average Bonchev–Trinajstić information content (AvgIpc) is 2.75. The number of benzene rings is 1. The molecule has 1 aromatic rings. The first-order valence-corrected chi connectivity index (χ1v) is 6.28. The monoisotopic (exact) mass is 251 g/mol. The number of carboxylic acids is 1. The molecule has 1 aromatic carbocycles. The van der Waals surface area contributed by atoms with Gasteiger partial charge in [-0.15, -0.1) is 11.8 Å². The number of carboxylic acid groups (broad SMARTS) is 1. The molecule has 0 spiro atoms. The minimum absolute atomic E-state index is 0.207. The van der Waals surface area contributed by atoms with Gasteiger partial charge in [-0.2, -0.15) is 0 Å². The molecule has 1 N–H and O–H groups in total. The number of rotatable bonds is 2. The molecule has 5 heteroatoms. The molecule has 0 bridgehead atoms. The van der Waals surface area contributed by atoms with Crippen LogP contribution >= 0.6 is 11.8 Å². The Kier molecular flexibility index (Phi) is 3.11. The van der Waals surface area contributed by atoms with Crippen molar-refractivity contribution in [2.45, 2.75) is 11.8 Å². The van der Waals surface area contributed by atoms with E-state index in [9.17, 15) is 14.7 Å². The molecule has 1 amide bonds. The van der Waals surface area contributed by atoms with Crippen molar-refractivity contribution in [1.82, 2.24) is 4.90 Å². The van der Waals surface area contributed by atoms with Crippen molar-refractivity contribution in [2.24, 2.45) is 0 Å². The van der Waals surface area contributed by atoms with E-state index in [1.807, 2.05) is 6.07 Å². The summed E-state index contributed by atoms with van der Waals surface area (Å²) in [6.07, 6.45) is 0. The van der Waals surface area contributed by atoms with E-state index in [2.05, 4.69) is 0 Å². The van der Waals surface area contributed by atoms with Gasteiger partial charge in [-0.25, -0.2) is 4.79 Å². The van der Waals surface area contributed by atoms with Crippen LogP contribution in [0.5, 0.6) is 0 Å². The normalized spacial score (nSPS) is 23.7. The van der Waals surface area contributed by atoms with Gasteiger partial charge in [0.05, 0.1) is 0 Å². The first-order chi connectivity index (χ1) is 8.09. The van der Waals surface area contributed by atoms with Gasteiger partial charge in [0, 0.05) is 19.2 Å². The predicted octanol–water partition coefficient (Wildman–Crippen LogP) is 1.52. The lowest BCUT2D eigenvalue weighted by atomic mass is 10.0. The van der Waals surface area contributed by atoms with Crippen LogP contribution in [0.25, 0.3) is 0 Å². The number of carbonyl (C=O) groups is 2. The van der Waals surface area contributed by atoms with Crippen LogP contribution in [0.3, 0.4) is 0 Å². The summed E-state index contributed by atoms with van der Waals surface area (Å²) in [5.41, 5.74) is 0.644. The molecular weight excluding hydrogens is 238 g/mol. The Morgan fingerprint density at radius 3 is 2.53 bits per heavy atom. The number of aliphatic carboxylic acids is 1. The number of hydrogen-bond acceptors (Lipinski definition) is 3. The summed E-state index contributed by atoms with van der Waals surface area (Å²) in [4.78, 5) is 23.4. The summed E-state index contributed by atoms with van der Waals surface area (Å²) in [5.74, 6) is -0.552. The topological polar surface area (TPSA) is 57.6 Å². The van der Waals surface area contributed by atoms with Gasteiger partial charge in [-0.05, 0) is 5.56 Å². The fourth-order valence-electron chi connectivity index (χ4n) is 2.10. The Morgan fingerprint density at radius 1 is 1.35 bits per heavy atom. The lowest BCUT2D eigenvalue weighted by Crippen LogP contribution is -2.48. The second kappa shape index (κ2) is 4.41. The highest BCUT2D eigenvalue weighted by atomic mass is 32.2. The first kappa shape index (κ1) is 12.0. The third-order valence-electron chi connectivity index (χ3n) is 2.84. The largest absolute Gasteiger partial charge is 0.479 e. The molecule has 17 heavy (non-hydrogen) atoms. The van der Waals surface area contributed by atoms with E-state index >= 15 is 0 Å². The van der Waals surface area contributed by atoms with Crippen molar-refractivity contribution in [3.63, 3.8) is 0 Å². The number of hydrogen-bond donors (Lipinski definition) is 1. The highest BCUT2D eigenvalue weighted by molar-refractivity contribution is 8.01. The van der Waals surface area contributed by atoms with Crippen molar-refractivity contribution in [1.29, 1.82) is 0 Å². The maximum Gasteiger partial charge on any atom is 0.345 e. The number of nitrogens with zero attached hydrogens (tertiary/aromatic N) is 1. The van der Waals surface area contributed by atoms with E-state index in [0.717, 1.165) is 0 Å². The zero-order valence-electron chi connectivity index (χ0n) is 9.42. The van der Waals surface area contributed by atoms with Crippen molar-refractivity contribution in [3.8, 4) is 0 Å². The third-order valence-corrected chi connectivity index (χ3v) is 4.28. The van der Waals surface area contributed by atoms with Crippen LogP contribution in [0.1, 0.15) is 12.5 Å². The Labute approximate surface area is 104 Å². The smallest absolute Gasteiger partial charge is 0.345 e. The van der Waals surface area contributed by atoms with Crippen molar-refractivity contribution >= 4 is 23.6 Å². The van der Waals surface area contributed by atoms with Crippen LogP contribution in [-0.2, 0) is 14.5 Å². The minimum atomic E-state index is -1.26. The van der Waals surface area contributed by atoms with Gasteiger partial charge in [0.1, 0.15) is 0 Å². The molecule has 1 atom stereocenters. The molecule has 1 unspecified atom stereocenters. The molecule has 1 saturated heterocycles. The molecular formula is C12H13NO3S. The summed E-state index contributed by atoms with van der Waals surface area (Å²) in [6, 6.07) is 8.91. The number of carbonyl (C=O) groups excluding carboxylic acids is 1. The van der Waals surface area contributed by atoms with E-state index in [1.165, 1.54) is 23.6 Å². The van der Waals surface area contributed by atoms with E-state index in [1.54, 1.807) is 24.3 Å². The Hall–Kier alpha value is -1.49. The zero-order chi connectivity index (χ0) is 12.5. The van der Waals surface area contributed by atoms with Gasteiger partial charge in [0.2, 0.25) is 10.8 Å². The van der Waals surface area contributed by atoms with E-state index in [4.69, 9.17) is 0 Å². The quantitative estimate of drug-likeness (QED) is 0.865. The average molecular weight is 251 g/mol. The lowest BCUT2D eigenvalue weighted by molar-refractivity contribution is -0.151. The molecule has 1 aliphatic heterocycles. The molecule has 0 aromatic heterocycles. The Balaban J connectivity index is 2.54. The van der Waals surface area contributed by atoms with Gasteiger partial charge in [-0.3, -0.25) is 4.79 Å². The highest BCUT2D eigenvalue weighted by Crippen LogP contribution is 2.44. The van der Waals surface area contributed by atoms with Crippen molar-refractivity contribution in [3.05, 3.63) is 35.9 Å². The molecule has 4 nitrogen and oxygen atoms in total. The fraction of sp³-hybridized carbons (Fsp3) is 0.333. The second-order valence-electron chi connectivity index (χ2n) is 3.83. The number of amides is 1. The summed E-state index contributed by atoms with van der Waals surface area (Å²) in [6.45, 7) is 1.88. The van der Waals surface area contributed by atoms with Gasteiger partial charge in [0.25, 0.3) is 0 Å². The van der Waals surface area contributed by atoms with Gasteiger partial charge >= 0.3 is 5.97 Å². The first-order valence-electron chi connectivity index (χ1n) is 5.30. The third kappa shape index (κ3) is 1.80. The van der Waals surface area contributed by atoms with Crippen LogP contribution in [0.2, 0.25) is 0 Å². The molecule has 1 aliphatic rings. The van der Waals surface area contributed by atoms with Gasteiger partial charge in [0.15, 0.2) is 0 Å². The second-order valence-corrected chi connectivity index (χ2v) is 5.12. The molecule has 0 aliphatic carbocycles. The van der Waals surface area contributed by atoms with Crippen LogP contribution in [0.4, 0.5) is 0 Å². The van der Waals surface area contributed by atoms with Crippen LogP contribution in [0.15, 0.2) is 30.3 Å². The Bertz CT molecular complexity index is 448. The molecule has 90 valence electrons. The minimum Gasteiger partial charge on any atom is -0.479 e. The van der Waals surface area contributed by atoms with Crippen LogP contribution in [-0.4, -0.2) is 34.2 Å². The summed E-state index contributed by atoms with van der Waals surface area (Å²) in [5, 5.41) is 9.52. The lowest BCUT2D eigenvalue weighted by Gasteiger charge is -2.33. The Morgan fingerprint density at radius 2 is 2.00 bits per heavy atom. The number of thioether (sulfide) groups is 1. The van der Waals surface area contributed by atoms with E-state index < -0.39 is 10.8 Å². The zero-order valence-corrected chi connectivity index (χ0v) is 10.2. The summed E-state index contributed by atoms with van der Waals surface area (Å²) in [7, 11) is 0.